The lowest BCUT2D eigenvalue weighted by Gasteiger charge is -2.37. The molecule has 0 aliphatic carbocycles. The number of nitrogens with zero attached hydrogens (tertiary/aromatic N) is 3. The van der Waals surface area contributed by atoms with E-state index in [1.165, 1.54) is 6.07 Å². The number of hydrogen-bond donors (Lipinski definition) is 2. The van der Waals surface area contributed by atoms with E-state index >= 15 is 0 Å². The summed E-state index contributed by atoms with van der Waals surface area (Å²) in [6.07, 6.45) is 0. The molecule has 0 bridgehead atoms. The number of rotatable bonds is 5. The number of hydrogen-bond acceptors (Lipinski definition) is 4. The molecule has 3 aromatic rings. The van der Waals surface area contributed by atoms with Gasteiger partial charge in [0.1, 0.15) is 29.0 Å². The summed E-state index contributed by atoms with van der Waals surface area (Å²) >= 11 is 0. The Morgan fingerprint density at radius 2 is 1.84 bits per heavy atom. The molecule has 0 saturated carbocycles. The Morgan fingerprint density at radius 3 is 2.52 bits per heavy atom. The fraction of sp³-hybridized carbons (Fsp3) is 0.292. The van der Waals surface area contributed by atoms with Crippen LogP contribution in [0, 0.1) is 18.6 Å². The summed E-state index contributed by atoms with van der Waals surface area (Å²) in [6.45, 7) is 11.8. The van der Waals surface area contributed by atoms with Gasteiger partial charge in [-0.05, 0) is 51.1 Å². The molecule has 5 nitrogen and oxygen atoms in total. The Hall–Kier alpha value is -3.19. The van der Waals surface area contributed by atoms with Crippen LogP contribution in [-0.4, -0.2) is 26.5 Å². The number of nitrogens with two attached hydrogens (primary N) is 1. The van der Waals surface area contributed by atoms with Crippen LogP contribution < -0.4 is 11.1 Å². The molecule has 0 spiro atoms. The second-order valence-corrected chi connectivity index (χ2v) is 8.58. The maximum absolute atomic E-state index is 14.7. The molecule has 31 heavy (non-hydrogen) atoms. The van der Waals surface area contributed by atoms with Gasteiger partial charge in [-0.2, -0.15) is 0 Å². The molecule has 1 aromatic heterocycles. The molecule has 162 valence electrons. The van der Waals surface area contributed by atoms with Gasteiger partial charge in [0.25, 0.3) is 0 Å². The van der Waals surface area contributed by atoms with Gasteiger partial charge in [0, 0.05) is 35.6 Å². The maximum Gasteiger partial charge on any atom is 0.139 e. The van der Waals surface area contributed by atoms with Crippen LogP contribution in [0.15, 0.2) is 54.7 Å². The Labute approximate surface area is 181 Å². The fourth-order valence-corrected chi connectivity index (χ4v) is 3.74. The number of halogens is 2. The second-order valence-electron chi connectivity index (χ2n) is 8.58. The number of fused-ring (bicyclic) bond motifs is 1. The first-order valence-corrected chi connectivity index (χ1v) is 10.2. The SMILES string of the molecule is C=C(N1CCn2c(nc(-c3cc(F)ccc3F)c2Nc2ccc(C)cc2)C1)C(C)(C)N. The van der Waals surface area contributed by atoms with Gasteiger partial charge in [-0.1, -0.05) is 24.3 Å². The molecule has 4 rings (SSSR count). The predicted molar refractivity (Wildman–Crippen MR) is 120 cm³/mol. The van der Waals surface area contributed by atoms with E-state index in [-0.39, 0.29) is 5.56 Å². The van der Waals surface area contributed by atoms with Crippen molar-refractivity contribution in [2.45, 2.75) is 39.4 Å². The molecule has 2 aromatic carbocycles. The van der Waals surface area contributed by atoms with Gasteiger partial charge < -0.3 is 20.5 Å². The van der Waals surface area contributed by atoms with E-state index in [4.69, 9.17) is 10.7 Å². The average molecular weight is 424 g/mol. The van der Waals surface area contributed by atoms with Crippen molar-refractivity contribution in [2.75, 3.05) is 11.9 Å². The summed E-state index contributed by atoms with van der Waals surface area (Å²) in [5.41, 5.74) is 8.98. The summed E-state index contributed by atoms with van der Waals surface area (Å²) in [4.78, 5) is 6.81. The summed E-state index contributed by atoms with van der Waals surface area (Å²) in [5.74, 6) is 0.349. The van der Waals surface area contributed by atoms with Crippen LogP contribution in [0.3, 0.4) is 0 Å². The third-order valence-corrected chi connectivity index (χ3v) is 5.60. The first kappa shape index (κ1) is 21.1. The first-order chi connectivity index (χ1) is 14.6. The van der Waals surface area contributed by atoms with Gasteiger partial charge in [-0.25, -0.2) is 13.8 Å². The molecule has 0 atom stereocenters. The lowest BCUT2D eigenvalue weighted by Crippen LogP contribution is -2.45. The van der Waals surface area contributed by atoms with Gasteiger partial charge in [-0.15, -0.1) is 0 Å². The van der Waals surface area contributed by atoms with Gasteiger partial charge in [-0.3, -0.25) is 0 Å². The van der Waals surface area contributed by atoms with Crippen LogP contribution in [0.5, 0.6) is 0 Å². The zero-order valence-corrected chi connectivity index (χ0v) is 18.0. The van der Waals surface area contributed by atoms with Crippen LogP contribution >= 0.6 is 0 Å². The minimum atomic E-state index is -0.560. The first-order valence-electron chi connectivity index (χ1n) is 10.2. The Kier molecular flexibility index (Phi) is 5.31. The zero-order chi connectivity index (χ0) is 22.3. The Morgan fingerprint density at radius 1 is 1.13 bits per heavy atom. The van der Waals surface area contributed by atoms with Crippen LogP contribution in [0.25, 0.3) is 11.3 Å². The van der Waals surface area contributed by atoms with E-state index in [0.29, 0.717) is 31.1 Å². The largest absolute Gasteiger partial charge is 0.365 e. The van der Waals surface area contributed by atoms with Crippen molar-refractivity contribution in [2.24, 2.45) is 5.73 Å². The summed E-state index contributed by atoms with van der Waals surface area (Å²) in [7, 11) is 0. The molecule has 3 N–H and O–H groups in total. The second kappa shape index (κ2) is 7.81. The van der Waals surface area contributed by atoms with Crippen LogP contribution in [0.1, 0.15) is 25.2 Å². The molecule has 2 heterocycles. The number of aromatic nitrogens is 2. The Balaban J connectivity index is 1.79. The van der Waals surface area contributed by atoms with Crippen molar-refractivity contribution < 1.29 is 8.78 Å². The number of imidazole rings is 1. The third kappa shape index (κ3) is 4.18. The standard InChI is InChI=1S/C24H27F2N5/c1-15-5-8-18(9-6-15)28-23-22(19-13-17(25)7-10-20(19)26)29-21-14-30(11-12-31(21)23)16(2)24(3,4)27/h5-10,13,28H,2,11-12,14,27H2,1,3-4H3. The van der Waals surface area contributed by atoms with E-state index < -0.39 is 17.2 Å². The lowest BCUT2D eigenvalue weighted by atomic mass is 10.0. The minimum absolute atomic E-state index is 0.126. The highest BCUT2D eigenvalue weighted by Gasteiger charge is 2.29. The molecule has 1 aliphatic heterocycles. The molecule has 0 radical (unpaired) electrons. The average Bonchev–Trinajstić information content (AvgIpc) is 3.07. The van der Waals surface area contributed by atoms with E-state index in [0.717, 1.165) is 34.9 Å². The monoisotopic (exact) mass is 423 g/mol. The van der Waals surface area contributed by atoms with Gasteiger partial charge in [0.2, 0.25) is 0 Å². The van der Waals surface area contributed by atoms with Gasteiger partial charge >= 0.3 is 0 Å². The zero-order valence-electron chi connectivity index (χ0n) is 18.0. The number of benzene rings is 2. The molecular weight excluding hydrogens is 396 g/mol. The fourth-order valence-electron chi connectivity index (χ4n) is 3.74. The molecular formula is C24H27F2N5. The Bertz CT molecular complexity index is 1130. The topological polar surface area (TPSA) is 59.1 Å². The van der Waals surface area contributed by atoms with Crippen molar-refractivity contribution in [3.8, 4) is 11.3 Å². The predicted octanol–water partition coefficient (Wildman–Crippen LogP) is 4.95. The highest BCUT2D eigenvalue weighted by Crippen LogP contribution is 2.35. The van der Waals surface area contributed by atoms with Gasteiger partial charge in [0.05, 0.1) is 6.54 Å². The highest BCUT2D eigenvalue weighted by atomic mass is 19.1. The molecule has 1 aliphatic rings. The van der Waals surface area contributed by atoms with Crippen LogP contribution in [0.4, 0.5) is 20.3 Å². The van der Waals surface area contributed by atoms with Crippen molar-refractivity contribution in [1.82, 2.24) is 14.5 Å². The smallest absolute Gasteiger partial charge is 0.139 e. The molecule has 0 amide bonds. The van der Waals surface area contributed by atoms with Crippen molar-refractivity contribution in [3.63, 3.8) is 0 Å². The normalized spacial score (nSPS) is 13.8. The molecule has 0 saturated heterocycles. The van der Waals surface area contributed by atoms with Crippen LogP contribution in [-0.2, 0) is 13.1 Å². The number of anilines is 2. The highest BCUT2D eigenvalue weighted by molar-refractivity contribution is 5.77. The van der Waals surface area contributed by atoms with Crippen molar-refractivity contribution in [1.29, 1.82) is 0 Å². The van der Waals surface area contributed by atoms with Crippen molar-refractivity contribution >= 4 is 11.5 Å². The minimum Gasteiger partial charge on any atom is -0.365 e. The van der Waals surface area contributed by atoms with Crippen LogP contribution in [0.2, 0.25) is 0 Å². The molecule has 0 fully saturated rings. The van der Waals surface area contributed by atoms with E-state index in [1.807, 2.05) is 49.6 Å². The third-order valence-electron chi connectivity index (χ3n) is 5.60. The summed E-state index contributed by atoms with van der Waals surface area (Å²) in [5, 5.41) is 3.37. The summed E-state index contributed by atoms with van der Waals surface area (Å²) < 4.78 is 30.7. The molecule has 0 unspecified atom stereocenters. The van der Waals surface area contributed by atoms with Gasteiger partial charge in [0.15, 0.2) is 0 Å². The lowest BCUT2D eigenvalue weighted by molar-refractivity contribution is 0.243. The number of aryl methyl sites for hydroxylation is 1. The quantitative estimate of drug-likeness (QED) is 0.610. The maximum atomic E-state index is 14.7. The van der Waals surface area contributed by atoms with E-state index in [2.05, 4.69) is 16.8 Å². The number of nitrogens with one attached hydrogen (secondary N) is 1. The van der Waals surface area contributed by atoms with Crippen molar-refractivity contribution in [3.05, 3.63) is 77.8 Å². The van der Waals surface area contributed by atoms with E-state index in [9.17, 15) is 8.78 Å². The molecule has 7 heteroatoms. The summed E-state index contributed by atoms with van der Waals surface area (Å²) in [6, 6.07) is 11.3. The van der Waals surface area contributed by atoms with E-state index in [1.54, 1.807) is 0 Å².